The third-order valence-corrected chi connectivity index (χ3v) is 15.2. The molecule has 0 aliphatic rings. The highest BCUT2D eigenvalue weighted by atomic mass is 16.3. The lowest BCUT2D eigenvalue weighted by Gasteiger charge is -2.22. The van der Waals surface area contributed by atoms with Gasteiger partial charge in [0.15, 0.2) is 0 Å². The van der Waals surface area contributed by atoms with Crippen LogP contribution in [0.1, 0.15) is 367 Å². The van der Waals surface area contributed by atoms with E-state index in [0.29, 0.717) is 12.8 Å². The summed E-state index contributed by atoms with van der Waals surface area (Å²) in [4.78, 5) is 12.5. The summed E-state index contributed by atoms with van der Waals surface area (Å²) in [5, 5.41) is 23.4. The minimum absolute atomic E-state index is 0.0226. The Hall–Kier alpha value is -1.13. The Kier molecular flexibility index (Phi) is 60.2. The van der Waals surface area contributed by atoms with E-state index in [2.05, 4.69) is 43.5 Å². The van der Waals surface area contributed by atoms with Crippen molar-refractivity contribution < 1.29 is 15.0 Å². The molecule has 4 heteroatoms. The second-order valence-electron chi connectivity index (χ2n) is 22.2. The van der Waals surface area contributed by atoms with E-state index in [4.69, 9.17) is 0 Å². The lowest BCUT2D eigenvalue weighted by Crippen LogP contribution is -2.45. The van der Waals surface area contributed by atoms with Crippen LogP contribution in [0.5, 0.6) is 0 Å². The Labute approximate surface area is 434 Å². The Morgan fingerprint density at radius 1 is 0.348 bits per heavy atom. The lowest BCUT2D eigenvalue weighted by molar-refractivity contribution is -0.123. The number of carbonyl (C=O) groups excluding carboxylic acids is 1. The Morgan fingerprint density at radius 3 is 0.870 bits per heavy atom. The number of unbranched alkanes of at least 4 members (excludes halogenated alkanes) is 49. The first kappa shape index (κ1) is 67.9. The molecule has 0 aliphatic heterocycles. The number of hydrogen-bond acceptors (Lipinski definition) is 3. The van der Waals surface area contributed by atoms with E-state index < -0.39 is 12.1 Å². The quantitative estimate of drug-likeness (QED) is 0.0420. The molecule has 0 aromatic rings. The smallest absolute Gasteiger partial charge is 0.220 e. The summed E-state index contributed by atoms with van der Waals surface area (Å²) in [7, 11) is 0. The molecule has 0 rings (SSSR count). The first-order valence-electron chi connectivity index (χ1n) is 32.0. The minimum atomic E-state index is -0.658. The number of allylic oxidation sites excluding steroid dienone is 4. The van der Waals surface area contributed by atoms with Crippen molar-refractivity contribution in [3.63, 3.8) is 0 Å². The maximum atomic E-state index is 12.5. The van der Waals surface area contributed by atoms with E-state index in [9.17, 15) is 15.0 Å². The molecule has 0 spiro atoms. The van der Waals surface area contributed by atoms with Crippen molar-refractivity contribution in [3.8, 4) is 0 Å². The molecular weight excluding hydrogens is 843 g/mol. The topological polar surface area (TPSA) is 69.6 Å². The van der Waals surface area contributed by atoms with Gasteiger partial charge >= 0.3 is 0 Å². The molecule has 1 amide bonds. The summed E-state index contributed by atoms with van der Waals surface area (Å²) in [5.41, 5.74) is 0. The number of aliphatic hydroxyl groups excluding tert-OH is 2. The van der Waals surface area contributed by atoms with Crippen LogP contribution in [0.25, 0.3) is 0 Å². The van der Waals surface area contributed by atoms with Crippen molar-refractivity contribution in [1.29, 1.82) is 0 Å². The average Bonchev–Trinajstić information content (AvgIpc) is 3.35. The van der Waals surface area contributed by atoms with Gasteiger partial charge in [-0.3, -0.25) is 4.79 Å². The highest BCUT2D eigenvalue weighted by molar-refractivity contribution is 5.76. The molecule has 4 nitrogen and oxygen atoms in total. The van der Waals surface area contributed by atoms with Crippen molar-refractivity contribution >= 4 is 5.91 Å². The number of amides is 1. The zero-order chi connectivity index (χ0) is 49.9. The molecule has 0 fully saturated rings. The maximum Gasteiger partial charge on any atom is 0.220 e. The molecule has 69 heavy (non-hydrogen) atoms. The van der Waals surface area contributed by atoms with E-state index in [-0.39, 0.29) is 12.5 Å². The number of nitrogens with one attached hydrogen (secondary N) is 1. The molecule has 2 unspecified atom stereocenters. The number of carbonyl (C=O) groups is 1. The van der Waals surface area contributed by atoms with Gasteiger partial charge in [-0.2, -0.15) is 0 Å². The van der Waals surface area contributed by atoms with Gasteiger partial charge in [0, 0.05) is 6.42 Å². The van der Waals surface area contributed by atoms with E-state index in [1.807, 2.05) is 0 Å². The van der Waals surface area contributed by atoms with Gasteiger partial charge in [0.1, 0.15) is 0 Å². The third kappa shape index (κ3) is 57.6. The van der Waals surface area contributed by atoms with Gasteiger partial charge in [-0.05, 0) is 44.9 Å². The van der Waals surface area contributed by atoms with Crippen LogP contribution in [0.2, 0.25) is 0 Å². The number of rotatable bonds is 60. The predicted molar refractivity (Wildman–Crippen MR) is 309 cm³/mol. The van der Waals surface area contributed by atoms with Crippen LogP contribution in [0.4, 0.5) is 0 Å². The largest absolute Gasteiger partial charge is 0.394 e. The zero-order valence-corrected chi connectivity index (χ0v) is 47.4. The molecule has 0 aromatic carbocycles. The molecular formula is C65H127NO3. The second-order valence-corrected chi connectivity index (χ2v) is 22.2. The summed E-state index contributed by atoms with van der Waals surface area (Å²) in [6.07, 6.45) is 82.1. The van der Waals surface area contributed by atoms with Crippen molar-refractivity contribution in [2.75, 3.05) is 6.61 Å². The van der Waals surface area contributed by atoms with Crippen LogP contribution in [-0.2, 0) is 4.79 Å². The molecule has 2 atom stereocenters. The van der Waals surface area contributed by atoms with Crippen LogP contribution in [-0.4, -0.2) is 34.9 Å². The van der Waals surface area contributed by atoms with Gasteiger partial charge in [0.05, 0.1) is 18.8 Å². The molecule has 0 aromatic heterocycles. The van der Waals surface area contributed by atoms with Gasteiger partial charge in [-0.25, -0.2) is 0 Å². The monoisotopic (exact) mass is 970 g/mol. The Balaban J connectivity index is 3.38. The van der Waals surface area contributed by atoms with Gasteiger partial charge < -0.3 is 15.5 Å². The summed E-state index contributed by atoms with van der Waals surface area (Å²) >= 11 is 0. The maximum absolute atomic E-state index is 12.5. The molecule has 0 aliphatic carbocycles. The van der Waals surface area contributed by atoms with Gasteiger partial charge in [-0.1, -0.05) is 340 Å². The minimum Gasteiger partial charge on any atom is -0.394 e. The standard InChI is InChI=1S/C65H127NO3/c1-3-5-7-9-11-13-15-17-19-21-23-25-27-28-29-30-31-32-33-34-35-36-37-38-39-41-43-45-47-49-51-53-55-57-59-61-65(69)66-63(62-67)64(68)60-58-56-54-52-50-48-46-44-42-40-26-24-22-20-18-16-14-12-10-8-6-4-2/h15,17,21,23,63-64,67-68H,3-14,16,18-20,22,24-62H2,1-2H3,(H,66,69)/b17-15-,23-21-. The SMILES string of the molecule is CCCCCCC/C=C\C/C=C\CCCCCCCCCCCCCCCCCCCCCCCCCC(=O)NC(CO)C(O)CCCCCCCCCCCCCCCCCCCCCCCC. The van der Waals surface area contributed by atoms with Gasteiger partial charge in [0.25, 0.3) is 0 Å². The van der Waals surface area contributed by atoms with Crippen molar-refractivity contribution in [1.82, 2.24) is 5.32 Å². The molecule has 0 saturated carbocycles. The fourth-order valence-corrected chi connectivity index (χ4v) is 10.3. The van der Waals surface area contributed by atoms with Crippen molar-refractivity contribution in [3.05, 3.63) is 24.3 Å². The third-order valence-electron chi connectivity index (χ3n) is 15.2. The van der Waals surface area contributed by atoms with E-state index >= 15 is 0 Å². The highest BCUT2D eigenvalue weighted by Crippen LogP contribution is 2.19. The highest BCUT2D eigenvalue weighted by Gasteiger charge is 2.20. The summed E-state index contributed by atoms with van der Waals surface area (Å²) < 4.78 is 0. The molecule has 0 heterocycles. The first-order chi connectivity index (χ1) is 34.2. The van der Waals surface area contributed by atoms with Gasteiger partial charge in [0.2, 0.25) is 5.91 Å². The lowest BCUT2D eigenvalue weighted by atomic mass is 10.0. The Bertz CT molecular complexity index is 1010. The molecule has 410 valence electrons. The van der Waals surface area contributed by atoms with Crippen LogP contribution in [0.3, 0.4) is 0 Å². The van der Waals surface area contributed by atoms with E-state index in [1.54, 1.807) is 0 Å². The predicted octanol–water partition coefficient (Wildman–Crippen LogP) is 21.4. The van der Waals surface area contributed by atoms with Crippen LogP contribution < -0.4 is 5.32 Å². The molecule has 0 radical (unpaired) electrons. The number of aliphatic hydroxyl groups is 2. The van der Waals surface area contributed by atoms with Crippen LogP contribution in [0, 0.1) is 0 Å². The zero-order valence-electron chi connectivity index (χ0n) is 47.4. The van der Waals surface area contributed by atoms with Crippen LogP contribution in [0.15, 0.2) is 24.3 Å². The second kappa shape index (κ2) is 61.2. The fraction of sp³-hybridized carbons (Fsp3) is 0.923. The fourth-order valence-electron chi connectivity index (χ4n) is 10.3. The van der Waals surface area contributed by atoms with Gasteiger partial charge in [-0.15, -0.1) is 0 Å². The number of hydrogen-bond donors (Lipinski definition) is 3. The van der Waals surface area contributed by atoms with Crippen molar-refractivity contribution in [2.24, 2.45) is 0 Å². The molecule has 0 saturated heterocycles. The first-order valence-corrected chi connectivity index (χ1v) is 32.0. The summed E-state index contributed by atoms with van der Waals surface area (Å²) in [6.45, 7) is 4.39. The normalized spacial score (nSPS) is 12.8. The Morgan fingerprint density at radius 2 is 0.594 bits per heavy atom. The average molecular weight is 971 g/mol. The van der Waals surface area contributed by atoms with E-state index in [1.165, 1.54) is 308 Å². The van der Waals surface area contributed by atoms with Crippen LogP contribution >= 0.6 is 0 Å². The molecule has 0 bridgehead atoms. The summed E-state index contributed by atoms with van der Waals surface area (Å²) in [5.74, 6) is -0.0226. The van der Waals surface area contributed by atoms with Crippen molar-refractivity contribution in [2.45, 2.75) is 379 Å². The molecule has 3 N–H and O–H groups in total. The van der Waals surface area contributed by atoms with E-state index in [0.717, 1.165) is 32.1 Å². The summed E-state index contributed by atoms with van der Waals surface area (Å²) in [6, 6.07) is -0.534.